The number of benzene rings is 1. The first-order valence-electron chi connectivity index (χ1n) is 9.12. The van der Waals surface area contributed by atoms with Crippen molar-refractivity contribution < 1.29 is 9.53 Å². The molecule has 3 N–H and O–H groups in total. The van der Waals surface area contributed by atoms with Crippen LogP contribution in [0.1, 0.15) is 36.8 Å². The Kier molecular flexibility index (Phi) is 6.24. The zero-order chi connectivity index (χ0) is 16.8. The smallest absolute Gasteiger partial charge is 0.223 e. The minimum atomic E-state index is 0.0835. The molecule has 0 unspecified atom stereocenters. The summed E-state index contributed by atoms with van der Waals surface area (Å²) in [4.78, 5) is 14.8. The summed E-state index contributed by atoms with van der Waals surface area (Å²) in [5.74, 6) is 0.242. The van der Waals surface area contributed by atoms with Crippen LogP contribution in [-0.2, 0) is 22.6 Å². The Morgan fingerprint density at radius 3 is 2.71 bits per heavy atom. The van der Waals surface area contributed by atoms with Crippen molar-refractivity contribution >= 4 is 5.91 Å². The summed E-state index contributed by atoms with van der Waals surface area (Å²) in [6.45, 7) is 5.08. The third-order valence-electron chi connectivity index (χ3n) is 5.15. The summed E-state index contributed by atoms with van der Waals surface area (Å²) in [6, 6.07) is 8.57. The summed E-state index contributed by atoms with van der Waals surface area (Å²) in [6.07, 6.45) is 3.90. The third-order valence-corrected chi connectivity index (χ3v) is 5.15. The number of hydrogen-bond acceptors (Lipinski definition) is 4. The van der Waals surface area contributed by atoms with Gasteiger partial charge in [-0.05, 0) is 30.4 Å². The number of amides is 1. The van der Waals surface area contributed by atoms with Crippen LogP contribution in [0.5, 0.6) is 0 Å². The van der Waals surface area contributed by atoms with Crippen LogP contribution in [0, 0.1) is 5.92 Å². The van der Waals surface area contributed by atoms with Crippen LogP contribution >= 0.6 is 0 Å². The van der Waals surface area contributed by atoms with Gasteiger partial charge in [-0.2, -0.15) is 0 Å². The Labute approximate surface area is 144 Å². The Hall–Kier alpha value is -1.43. The maximum absolute atomic E-state index is 12.4. The Bertz CT molecular complexity index is 543. The molecule has 1 aliphatic carbocycles. The van der Waals surface area contributed by atoms with E-state index in [2.05, 4.69) is 28.4 Å². The molecule has 3 rings (SSSR count). The molecule has 1 heterocycles. The van der Waals surface area contributed by atoms with Crippen LogP contribution in [-0.4, -0.2) is 43.2 Å². The molecule has 0 aromatic heterocycles. The van der Waals surface area contributed by atoms with Gasteiger partial charge < -0.3 is 15.8 Å². The van der Waals surface area contributed by atoms with Gasteiger partial charge in [0, 0.05) is 38.1 Å². The summed E-state index contributed by atoms with van der Waals surface area (Å²) >= 11 is 0. The molecule has 1 saturated carbocycles. The normalized spacial score (nSPS) is 25.4. The number of ether oxygens (including phenoxy) is 1. The van der Waals surface area contributed by atoms with E-state index in [1.807, 2.05) is 6.07 Å². The molecular weight excluding hydrogens is 302 g/mol. The van der Waals surface area contributed by atoms with E-state index in [9.17, 15) is 4.79 Å². The average Bonchev–Trinajstić information content (AvgIpc) is 2.61. The molecule has 0 spiro atoms. The first kappa shape index (κ1) is 17.4. The van der Waals surface area contributed by atoms with Gasteiger partial charge in [0.25, 0.3) is 0 Å². The van der Waals surface area contributed by atoms with Gasteiger partial charge in [-0.1, -0.05) is 30.7 Å². The van der Waals surface area contributed by atoms with Crippen LogP contribution in [0.3, 0.4) is 0 Å². The monoisotopic (exact) mass is 331 g/mol. The molecule has 1 aromatic rings. The minimum absolute atomic E-state index is 0.0835. The predicted octanol–water partition coefficient (Wildman–Crippen LogP) is 1.65. The standard InChI is InChI=1S/C19H29N3O2/c20-18-7-3-6-15(12-18)19(23)21-13-16-4-1-2-5-17(16)14-22-8-10-24-11-9-22/h1-2,4-5,15,18H,3,6-14,20H2,(H,21,23)/t15-,18+/m0/s1. The van der Waals surface area contributed by atoms with Gasteiger partial charge in [0.1, 0.15) is 0 Å². The van der Waals surface area contributed by atoms with Crippen molar-refractivity contribution in [2.45, 2.75) is 44.8 Å². The fraction of sp³-hybridized carbons (Fsp3) is 0.632. The maximum atomic E-state index is 12.4. The molecular formula is C19H29N3O2. The van der Waals surface area contributed by atoms with Gasteiger partial charge in [-0.25, -0.2) is 0 Å². The highest BCUT2D eigenvalue weighted by atomic mass is 16.5. The molecule has 5 nitrogen and oxygen atoms in total. The van der Waals surface area contributed by atoms with Gasteiger partial charge in [-0.15, -0.1) is 0 Å². The van der Waals surface area contributed by atoms with Crippen molar-refractivity contribution in [3.63, 3.8) is 0 Å². The number of carbonyl (C=O) groups is 1. The fourth-order valence-electron chi connectivity index (χ4n) is 3.68. The molecule has 0 bridgehead atoms. The van der Waals surface area contributed by atoms with E-state index in [1.165, 1.54) is 11.1 Å². The second-order valence-electron chi connectivity index (χ2n) is 7.00. The largest absolute Gasteiger partial charge is 0.379 e. The highest BCUT2D eigenvalue weighted by Gasteiger charge is 2.25. The number of nitrogens with zero attached hydrogens (tertiary/aromatic N) is 1. The Morgan fingerprint density at radius 2 is 1.96 bits per heavy atom. The lowest BCUT2D eigenvalue weighted by Crippen LogP contribution is -2.38. The molecule has 1 amide bonds. The second-order valence-corrected chi connectivity index (χ2v) is 7.00. The van der Waals surface area contributed by atoms with Crippen LogP contribution in [0.15, 0.2) is 24.3 Å². The van der Waals surface area contributed by atoms with Crippen molar-refractivity contribution in [2.24, 2.45) is 11.7 Å². The van der Waals surface area contributed by atoms with Crippen molar-refractivity contribution in [3.05, 3.63) is 35.4 Å². The van der Waals surface area contributed by atoms with Gasteiger partial charge in [0.15, 0.2) is 0 Å². The van der Waals surface area contributed by atoms with Gasteiger partial charge in [-0.3, -0.25) is 9.69 Å². The van der Waals surface area contributed by atoms with Crippen molar-refractivity contribution in [1.29, 1.82) is 0 Å². The van der Waals surface area contributed by atoms with E-state index in [0.29, 0.717) is 6.54 Å². The lowest BCUT2D eigenvalue weighted by molar-refractivity contribution is -0.126. The topological polar surface area (TPSA) is 67.6 Å². The predicted molar refractivity (Wildman–Crippen MR) is 94.3 cm³/mol. The number of carbonyl (C=O) groups excluding carboxylic acids is 1. The quantitative estimate of drug-likeness (QED) is 0.861. The molecule has 1 saturated heterocycles. The summed E-state index contributed by atoms with van der Waals surface area (Å²) in [5, 5.41) is 3.13. The SMILES string of the molecule is N[C@@H]1CCC[C@H](C(=O)NCc2ccccc2CN2CCOCC2)C1. The Balaban J connectivity index is 1.55. The molecule has 2 fully saturated rings. The number of morpholine rings is 1. The minimum Gasteiger partial charge on any atom is -0.379 e. The molecule has 5 heteroatoms. The number of hydrogen-bond donors (Lipinski definition) is 2. The zero-order valence-corrected chi connectivity index (χ0v) is 14.4. The molecule has 132 valence electrons. The van der Waals surface area contributed by atoms with Gasteiger partial charge >= 0.3 is 0 Å². The molecule has 0 radical (unpaired) electrons. The van der Waals surface area contributed by atoms with Crippen LogP contribution in [0.25, 0.3) is 0 Å². The Morgan fingerprint density at radius 1 is 1.21 bits per heavy atom. The molecule has 1 aromatic carbocycles. The van der Waals surface area contributed by atoms with Crippen molar-refractivity contribution in [3.8, 4) is 0 Å². The summed E-state index contributed by atoms with van der Waals surface area (Å²) in [7, 11) is 0. The van der Waals surface area contributed by atoms with E-state index in [4.69, 9.17) is 10.5 Å². The molecule has 1 aliphatic heterocycles. The first-order valence-corrected chi connectivity index (χ1v) is 9.12. The average molecular weight is 331 g/mol. The molecule has 2 aliphatic rings. The van der Waals surface area contributed by atoms with E-state index in [-0.39, 0.29) is 17.9 Å². The first-order chi connectivity index (χ1) is 11.7. The summed E-state index contributed by atoms with van der Waals surface area (Å²) < 4.78 is 5.41. The molecule has 24 heavy (non-hydrogen) atoms. The fourth-order valence-corrected chi connectivity index (χ4v) is 3.68. The van der Waals surface area contributed by atoms with Crippen molar-refractivity contribution in [1.82, 2.24) is 10.2 Å². The second kappa shape index (κ2) is 8.60. The van der Waals surface area contributed by atoms with Gasteiger partial charge in [0.05, 0.1) is 13.2 Å². The zero-order valence-electron chi connectivity index (χ0n) is 14.4. The molecule has 2 atom stereocenters. The lowest BCUT2D eigenvalue weighted by atomic mass is 9.85. The third kappa shape index (κ3) is 4.79. The maximum Gasteiger partial charge on any atom is 0.223 e. The van der Waals surface area contributed by atoms with Gasteiger partial charge in [0.2, 0.25) is 5.91 Å². The number of nitrogens with one attached hydrogen (secondary N) is 1. The van der Waals surface area contributed by atoms with Crippen molar-refractivity contribution in [2.75, 3.05) is 26.3 Å². The summed E-state index contributed by atoms with van der Waals surface area (Å²) in [5.41, 5.74) is 8.50. The number of rotatable bonds is 5. The van der Waals surface area contributed by atoms with E-state index >= 15 is 0 Å². The lowest BCUT2D eigenvalue weighted by Gasteiger charge is -2.28. The van der Waals surface area contributed by atoms with Crippen LogP contribution in [0.2, 0.25) is 0 Å². The number of nitrogens with two attached hydrogens (primary N) is 1. The van der Waals surface area contributed by atoms with E-state index in [1.54, 1.807) is 0 Å². The van der Waals surface area contributed by atoms with Crippen LogP contribution in [0.4, 0.5) is 0 Å². The van der Waals surface area contributed by atoms with Crippen LogP contribution < -0.4 is 11.1 Å². The van der Waals surface area contributed by atoms with E-state index < -0.39 is 0 Å². The highest BCUT2D eigenvalue weighted by molar-refractivity contribution is 5.78. The highest BCUT2D eigenvalue weighted by Crippen LogP contribution is 2.23. The van der Waals surface area contributed by atoms with E-state index in [0.717, 1.165) is 58.5 Å².